The number of hydrogen-bond donors (Lipinski definition) is 2. The van der Waals surface area contributed by atoms with Crippen LogP contribution in [0.2, 0.25) is 0 Å². The first-order chi connectivity index (χ1) is 15.1. The molecule has 2 aromatic heterocycles. The first-order valence-corrected chi connectivity index (χ1v) is 10.0. The van der Waals surface area contributed by atoms with Crippen LogP contribution in [0, 0.1) is 0 Å². The second kappa shape index (κ2) is 9.27. The van der Waals surface area contributed by atoms with Gasteiger partial charge < -0.3 is 19.8 Å². The van der Waals surface area contributed by atoms with Crippen LogP contribution < -0.4 is 15.4 Å². The molecule has 154 valence electrons. The fraction of sp³-hybridized carbons (Fsp3) is 0. The highest BCUT2D eigenvalue weighted by Gasteiger charge is 2.12. The van der Waals surface area contributed by atoms with Gasteiger partial charge in [0.25, 0.3) is 11.8 Å². The van der Waals surface area contributed by atoms with Crippen molar-refractivity contribution in [3.63, 3.8) is 0 Å². The molecule has 2 heterocycles. The molecule has 0 spiro atoms. The Bertz CT molecular complexity index is 1210. The van der Waals surface area contributed by atoms with Crippen molar-refractivity contribution in [3.05, 3.63) is 101 Å². The number of rotatable bonds is 6. The summed E-state index contributed by atoms with van der Waals surface area (Å²) in [4.78, 5) is 28.8. The highest BCUT2D eigenvalue weighted by molar-refractivity contribution is 9.10. The maximum atomic E-state index is 12.6. The lowest BCUT2D eigenvalue weighted by Crippen LogP contribution is -2.14. The van der Waals surface area contributed by atoms with Crippen molar-refractivity contribution in [2.24, 2.45) is 0 Å². The van der Waals surface area contributed by atoms with Crippen molar-refractivity contribution in [2.75, 3.05) is 10.6 Å². The molecule has 8 heteroatoms. The Labute approximate surface area is 186 Å². The summed E-state index contributed by atoms with van der Waals surface area (Å²) in [6, 6.07) is 20.3. The fourth-order valence-corrected chi connectivity index (χ4v) is 3.03. The average molecular weight is 478 g/mol. The fourth-order valence-electron chi connectivity index (χ4n) is 2.72. The largest absolute Gasteiger partial charge is 0.457 e. The van der Waals surface area contributed by atoms with E-state index in [-0.39, 0.29) is 11.7 Å². The van der Waals surface area contributed by atoms with Gasteiger partial charge in [-0.2, -0.15) is 0 Å². The Kier molecular flexibility index (Phi) is 6.09. The smallest absolute Gasteiger partial charge is 0.291 e. The SMILES string of the molecule is O=C(Nc1ccc(Oc2ccncc2)cc1)c1cccc(NC(=O)c2ccc(Br)o2)c1. The van der Waals surface area contributed by atoms with E-state index in [9.17, 15) is 9.59 Å². The zero-order chi connectivity index (χ0) is 21.6. The van der Waals surface area contributed by atoms with Gasteiger partial charge in [0.05, 0.1) is 0 Å². The number of nitrogens with zero attached hydrogens (tertiary/aromatic N) is 1. The number of nitrogens with one attached hydrogen (secondary N) is 2. The van der Waals surface area contributed by atoms with E-state index in [0.717, 1.165) is 0 Å². The molecule has 0 saturated carbocycles. The van der Waals surface area contributed by atoms with E-state index in [1.165, 1.54) is 0 Å². The van der Waals surface area contributed by atoms with Gasteiger partial charge in [-0.1, -0.05) is 6.07 Å². The summed E-state index contributed by atoms with van der Waals surface area (Å²) in [5.74, 6) is 0.759. The molecule has 0 bridgehead atoms. The molecular weight excluding hydrogens is 462 g/mol. The normalized spacial score (nSPS) is 10.4. The van der Waals surface area contributed by atoms with Crippen molar-refractivity contribution in [2.45, 2.75) is 0 Å². The van der Waals surface area contributed by atoms with Crippen molar-refractivity contribution in [3.8, 4) is 11.5 Å². The van der Waals surface area contributed by atoms with Crippen LogP contribution in [0.25, 0.3) is 0 Å². The molecule has 0 aliphatic rings. The number of carbonyl (C=O) groups is 2. The lowest BCUT2D eigenvalue weighted by Gasteiger charge is -2.09. The van der Waals surface area contributed by atoms with E-state index < -0.39 is 5.91 Å². The number of amides is 2. The molecule has 0 aliphatic carbocycles. The summed E-state index contributed by atoms with van der Waals surface area (Å²) in [6.07, 6.45) is 3.29. The quantitative estimate of drug-likeness (QED) is 0.369. The maximum absolute atomic E-state index is 12.6. The standard InChI is InChI=1S/C23H16BrN3O4/c24-21-9-8-20(31-21)23(29)27-17-3-1-2-15(14-17)22(28)26-16-4-6-18(7-5-16)30-19-10-12-25-13-11-19/h1-14H,(H,26,28)(H,27,29). The molecule has 7 nitrogen and oxygen atoms in total. The van der Waals surface area contributed by atoms with E-state index in [4.69, 9.17) is 9.15 Å². The molecule has 4 aromatic rings. The van der Waals surface area contributed by atoms with Gasteiger partial charge in [-0.25, -0.2) is 0 Å². The lowest BCUT2D eigenvalue weighted by molar-refractivity contribution is 0.0992. The van der Waals surface area contributed by atoms with Crippen LogP contribution >= 0.6 is 15.9 Å². The Balaban J connectivity index is 1.39. The first kappa shape index (κ1) is 20.4. The number of hydrogen-bond acceptors (Lipinski definition) is 5. The van der Waals surface area contributed by atoms with Gasteiger partial charge in [-0.05, 0) is 82.7 Å². The summed E-state index contributed by atoms with van der Waals surface area (Å²) in [5.41, 5.74) is 1.49. The Morgan fingerprint density at radius 1 is 0.806 bits per heavy atom. The van der Waals surface area contributed by atoms with E-state index in [2.05, 4.69) is 31.5 Å². The van der Waals surface area contributed by atoms with Crippen LogP contribution in [0.4, 0.5) is 11.4 Å². The van der Waals surface area contributed by atoms with Gasteiger partial charge in [0.2, 0.25) is 0 Å². The molecule has 0 aliphatic heterocycles. The number of pyridine rings is 1. The number of carbonyl (C=O) groups excluding carboxylic acids is 2. The third-order valence-electron chi connectivity index (χ3n) is 4.18. The third kappa shape index (κ3) is 5.37. The molecule has 0 radical (unpaired) electrons. The molecule has 0 saturated heterocycles. The maximum Gasteiger partial charge on any atom is 0.291 e. The summed E-state index contributed by atoms with van der Waals surface area (Å²) in [6.45, 7) is 0. The van der Waals surface area contributed by atoms with E-state index in [1.54, 1.807) is 85.2 Å². The highest BCUT2D eigenvalue weighted by atomic mass is 79.9. The highest BCUT2D eigenvalue weighted by Crippen LogP contribution is 2.23. The number of furan rings is 1. The van der Waals surface area contributed by atoms with Crippen molar-refractivity contribution < 1.29 is 18.7 Å². The summed E-state index contributed by atoms with van der Waals surface area (Å²) in [5, 5.41) is 5.53. The summed E-state index contributed by atoms with van der Waals surface area (Å²) >= 11 is 3.16. The summed E-state index contributed by atoms with van der Waals surface area (Å²) < 4.78 is 11.4. The minimum absolute atomic E-state index is 0.163. The summed E-state index contributed by atoms with van der Waals surface area (Å²) in [7, 11) is 0. The Hall–Kier alpha value is -3.91. The van der Waals surface area contributed by atoms with Gasteiger partial charge in [0.15, 0.2) is 10.4 Å². The van der Waals surface area contributed by atoms with Gasteiger partial charge >= 0.3 is 0 Å². The van der Waals surface area contributed by atoms with Gasteiger partial charge in [-0.3, -0.25) is 14.6 Å². The molecule has 2 aromatic carbocycles. The van der Waals surface area contributed by atoms with Gasteiger partial charge in [-0.15, -0.1) is 0 Å². The second-order valence-electron chi connectivity index (χ2n) is 6.40. The Morgan fingerprint density at radius 3 is 2.23 bits per heavy atom. The third-order valence-corrected chi connectivity index (χ3v) is 4.60. The first-order valence-electron chi connectivity index (χ1n) is 9.23. The second-order valence-corrected chi connectivity index (χ2v) is 7.18. The minimum Gasteiger partial charge on any atom is -0.457 e. The number of ether oxygens (including phenoxy) is 1. The van der Waals surface area contributed by atoms with Crippen LogP contribution in [0.15, 0.2) is 94.3 Å². The lowest BCUT2D eigenvalue weighted by atomic mass is 10.1. The Morgan fingerprint density at radius 2 is 1.52 bits per heavy atom. The topological polar surface area (TPSA) is 93.5 Å². The van der Waals surface area contributed by atoms with Crippen LogP contribution in [0.3, 0.4) is 0 Å². The van der Waals surface area contributed by atoms with Gasteiger partial charge in [0, 0.05) is 29.3 Å². The molecule has 31 heavy (non-hydrogen) atoms. The van der Waals surface area contributed by atoms with Crippen LogP contribution in [-0.4, -0.2) is 16.8 Å². The van der Waals surface area contributed by atoms with Crippen molar-refractivity contribution in [1.29, 1.82) is 0 Å². The van der Waals surface area contributed by atoms with Gasteiger partial charge in [0.1, 0.15) is 11.5 Å². The molecular formula is C23H16BrN3O4. The van der Waals surface area contributed by atoms with E-state index in [0.29, 0.717) is 33.1 Å². The number of benzene rings is 2. The van der Waals surface area contributed by atoms with Crippen LogP contribution in [0.5, 0.6) is 11.5 Å². The minimum atomic E-state index is -0.409. The molecule has 4 rings (SSSR count). The van der Waals surface area contributed by atoms with Crippen LogP contribution in [0.1, 0.15) is 20.9 Å². The number of halogens is 1. The number of anilines is 2. The zero-order valence-electron chi connectivity index (χ0n) is 16.0. The molecule has 0 fully saturated rings. The predicted octanol–water partition coefficient (Wildman–Crippen LogP) is 5.73. The monoisotopic (exact) mass is 477 g/mol. The van der Waals surface area contributed by atoms with Crippen molar-refractivity contribution >= 4 is 39.1 Å². The molecule has 0 unspecified atom stereocenters. The molecule has 2 N–H and O–H groups in total. The zero-order valence-corrected chi connectivity index (χ0v) is 17.6. The number of aromatic nitrogens is 1. The molecule has 0 atom stereocenters. The average Bonchev–Trinajstić information content (AvgIpc) is 3.22. The van der Waals surface area contributed by atoms with E-state index >= 15 is 0 Å². The molecule has 2 amide bonds. The van der Waals surface area contributed by atoms with E-state index in [1.807, 2.05) is 0 Å². The van der Waals surface area contributed by atoms with Crippen molar-refractivity contribution in [1.82, 2.24) is 4.98 Å². The van der Waals surface area contributed by atoms with Crippen LogP contribution in [-0.2, 0) is 0 Å². The predicted molar refractivity (Wildman–Crippen MR) is 120 cm³/mol.